The average molecular weight is 407 g/mol. The van der Waals surface area contributed by atoms with Crippen molar-refractivity contribution in [2.75, 3.05) is 6.54 Å². The molecule has 3 aromatic rings. The number of alkyl halides is 3. The van der Waals surface area contributed by atoms with E-state index in [0.717, 1.165) is 6.07 Å². The van der Waals surface area contributed by atoms with Crippen molar-refractivity contribution in [1.82, 2.24) is 30.5 Å². The Hall–Kier alpha value is -3.54. The number of nitrogens with zero attached hydrogens (tertiary/aromatic N) is 5. The summed E-state index contributed by atoms with van der Waals surface area (Å²) in [7, 11) is 0. The van der Waals surface area contributed by atoms with E-state index >= 15 is 0 Å². The molecule has 9 nitrogen and oxygen atoms in total. The predicted octanol–water partition coefficient (Wildman–Crippen LogP) is 1.77. The second kappa shape index (κ2) is 8.65. The monoisotopic (exact) mass is 407 g/mol. The van der Waals surface area contributed by atoms with Crippen LogP contribution >= 0.6 is 0 Å². The van der Waals surface area contributed by atoms with E-state index in [-0.39, 0.29) is 41.8 Å². The standard InChI is InChI=1S/C17H16F3N7O2/c18-17(19,20)14-6-11(9-21)7-15(24-14)29-13-3-1-2-12(8-13)16(28)22-4-5-27-10-23-25-26-27/h1-3,6-8,10H,4-5,9,21H2,(H,22,28). The molecular weight excluding hydrogens is 391 g/mol. The molecule has 0 unspecified atom stereocenters. The number of nitrogens with two attached hydrogens (primary N) is 1. The van der Waals surface area contributed by atoms with Gasteiger partial charge in [-0.1, -0.05) is 6.07 Å². The lowest BCUT2D eigenvalue weighted by Gasteiger charge is -2.12. The Morgan fingerprint density at radius 2 is 2.07 bits per heavy atom. The van der Waals surface area contributed by atoms with Crippen LogP contribution in [0, 0.1) is 0 Å². The molecule has 29 heavy (non-hydrogen) atoms. The van der Waals surface area contributed by atoms with E-state index < -0.39 is 11.9 Å². The van der Waals surface area contributed by atoms with E-state index in [1.165, 1.54) is 29.2 Å². The molecule has 1 amide bonds. The van der Waals surface area contributed by atoms with Crippen molar-refractivity contribution in [2.45, 2.75) is 19.3 Å². The molecule has 0 radical (unpaired) electrons. The number of ether oxygens (including phenoxy) is 1. The lowest BCUT2D eigenvalue weighted by Crippen LogP contribution is -2.27. The summed E-state index contributed by atoms with van der Waals surface area (Å²) < 4.78 is 45.8. The van der Waals surface area contributed by atoms with Crippen LogP contribution in [0.2, 0.25) is 0 Å². The Bertz CT molecular complexity index is 977. The van der Waals surface area contributed by atoms with Crippen LogP contribution in [-0.4, -0.2) is 37.6 Å². The molecule has 0 aliphatic carbocycles. The number of benzene rings is 1. The summed E-state index contributed by atoms with van der Waals surface area (Å²) >= 11 is 0. The average Bonchev–Trinajstić information content (AvgIpc) is 3.20. The number of halogens is 3. The van der Waals surface area contributed by atoms with E-state index in [4.69, 9.17) is 10.5 Å². The summed E-state index contributed by atoms with van der Waals surface area (Å²) in [4.78, 5) is 15.7. The van der Waals surface area contributed by atoms with Crippen LogP contribution in [0.4, 0.5) is 13.2 Å². The third kappa shape index (κ3) is 5.48. The highest BCUT2D eigenvalue weighted by Crippen LogP contribution is 2.31. The highest BCUT2D eigenvalue weighted by atomic mass is 19.4. The maximum absolute atomic E-state index is 13.0. The fourth-order valence-electron chi connectivity index (χ4n) is 2.36. The van der Waals surface area contributed by atoms with E-state index in [0.29, 0.717) is 6.54 Å². The van der Waals surface area contributed by atoms with Crippen LogP contribution in [-0.2, 0) is 19.3 Å². The summed E-state index contributed by atoms with van der Waals surface area (Å²) in [5, 5.41) is 13.3. The fraction of sp³-hybridized carbons (Fsp3) is 0.235. The number of rotatable bonds is 7. The van der Waals surface area contributed by atoms with Crippen LogP contribution in [0.5, 0.6) is 11.6 Å². The number of nitrogens with one attached hydrogen (secondary N) is 1. The molecular formula is C17H16F3N7O2. The first-order valence-electron chi connectivity index (χ1n) is 8.40. The number of carbonyl (C=O) groups is 1. The van der Waals surface area contributed by atoms with Crippen LogP contribution in [0.3, 0.4) is 0 Å². The summed E-state index contributed by atoms with van der Waals surface area (Å²) in [6, 6.07) is 8.17. The molecule has 0 aliphatic heterocycles. The number of aromatic nitrogens is 5. The Kier molecular flexibility index (Phi) is 6.02. The van der Waals surface area contributed by atoms with Crippen LogP contribution < -0.4 is 15.8 Å². The minimum Gasteiger partial charge on any atom is -0.439 e. The number of hydrogen-bond donors (Lipinski definition) is 2. The molecule has 12 heteroatoms. The van der Waals surface area contributed by atoms with Crippen molar-refractivity contribution >= 4 is 5.91 Å². The molecule has 2 heterocycles. The number of tetrazole rings is 1. The fourth-order valence-corrected chi connectivity index (χ4v) is 2.36. The van der Waals surface area contributed by atoms with Crippen molar-refractivity contribution in [2.24, 2.45) is 5.73 Å². The maximum atomic E-state index is 13.0. The van der Waals surface area contributed by atoms with Gasteiger partial charge < -0.3 is 15.8 Å². The van der Waals surface area contributed by atoms with Gasteiger partial charge in [0.15, 0.2) is 0 Å². The van der Waals surface area contributed by atoms with Crippen LogP contribution in [0.25, 0.3) is 0 Å². The van der Waals surface area contributed by atoms with Gasteiger partial charge >= 0.3 is 6.18 Å². The van der Waals surface area contributed by atoms with E-state index in [1.807, 2.05) is 0 Å². The Labute approximate surface area is 162 Å². The van der Waals surface area contributed by atoms with Gasteiger partial charge in [0.25, 0.3) is 5.91 Å². The Balaban J connectivity index is 1.70. The number of hydrogen-bond acceptors (Lipinski definition) is 7. The Morgan fingerprint density at radius 3 is 2.76 bits per heavy atom. The minimum atomic E-state index is -4.63. The van der Waals surface area contributed by atoms with Gasteiger partial charge in [0, 0.05) is 24.7 Å². The van der Waals surface area contributed by atoms with Crippen molar-refractivity contribution in [3.63, 3.8) is 0 Å². The molecule has 3 rings (SSSR count). The highest BCUT2D eigenvalue weighted by Gasteiger charge is 2.33. The van der Waals surface area contributed by atoms with Crippen LogP contribution in [0.1, 0.15) is 21.6 Å². The molecule has 3 N–H and O–H groups in total. The summed E-state index contributed by atoms with van der Waals surface area (Å²) in [6.45, 7) is 0.556. The lowest BCUT2D eigenvalue weighted by atomic mass is 10.2. The number of amides is 1. The molecule has 0 atom stereocenters. The molecule has 0 saturated carbocycles. The van der Waals surface area contributed by atoms with Crippen molar-refractivity contribution in [1.29, 1.82) is 0 Å². The topological polar surface area (TPSA) is 121 Å². The van der Waals surface area contributed by atoms with E-state index in [2.05, 4.69) is 25.8 Å². The lowest BCUT2D eigenvalue weighted by molar-refractivity contribution is -0.141. The second-order valence-corrected chi connectivity index (χ2v) is 5.86. The largest absolute Gasteiger partial charge is 0.439 e. The molecule has 0 fully saturated rings. The van der Waals surface area contributed by atoms with Gasteiger partial charge in [0.05, 0.1) is 6.54 Å². The van der Waals surface area contributed by atoms with Gasteiger partial charge in [-0.2, -0.15) is 13.2 Å². The van der Waals surface area contributed by atoms with Gasteiger partial charge in [0.2, 0.25) is 5.88 Å². The van der Waals surface area contributed by atoms with Gasteiger partial charge in [-0.05, 0) is 40.3 Å². The number of carbonyl (C=O) groups excluding carboxylic acids is 1. The van der Waals surface area contributed by atoms with Crippen molar-refractivity contribution in [3.8, 4) is 11.6 Å². The van der Waals surface area contributed by atoms with Gasteiger partial charge in [-0.25, -0.2) is 9.67 Å². The van der Waals surface area contributed by atoms with Crippen LogP contribution in [0.15, 0.2) is 42.7 Å². The van der Waals surface area contributed by atoms with E-state index in [1.54, 1.807) is 12.1 Å². The quantitative estimate of drug-likeness (QED) is 0.612. The molecule has 0 spiro atoms. The summed E-state index contributed by atoms with van der Waals surface area (Å²) in [5.41, 5.74) is 4.84. The second-order valence-electron chi connectivity index (χ2n) is 5.86. The van der Waals surface area contributed by atoms with Gasteiger partial charge in [0.1, 0.15) is 17.8 Å². The Morgan fingerprint density at radius 1 is 1.24 bits per heavy atom. The smallest absolute Gasteiger partial charge is 0.433 e. The molecule has 0 saturated heterocycles. The summed E-state index contributed by atoms with van der Waals surface area (Å²) in [5.74, 6) is -0.493. The van der Waals surface area contributed by atoms with Gasteiger partial charge in [-0.15, -0.1) is 5.10 Å². The van der Waals surface area contributed by atoms with Crippen molar-refractivity contribution < 1.29 is 22.7 Å². The summed E-state index contributed by atoms with van der Waals surface area (Å²) in [6.07, 6.45) is -3.22. The normalized spacial score (nSPS) is 11.3. The zero-order chi connectivity index (χ0) is 20.9. The molecule has 152 valence electrons. The third-order valence-electron chi connectivity index (χ3n) is 3.72. The number of pyridine rings is 1. The first kappa shape index (κ1) is 20.2. The molecule has 0 bridgehead atoms. The molecule has 1 aromatic carbocycles. The first-order valence-corrected chi connectivity index (χ1v) is 8.40. The molecule has 0 aliphatic rings. The minimum absolute atomic E-state index is 0.105. The predicted molar refractivity (Wildman–Crippen MR) is 93.8 cm³/mol. The zero-order valence-electron chi connectivity index (χ0n) is 14.9. The zero-order valence-corrected chi connectivity index (χ0v) is 14.9. The first-order chi connectivity index (χ1) is 13.8. The molecule has 2 aromatic heterocycles. The SMILES string of the molecule is NCc1cc(Oc2cccc(C(=O)NCCn3cnnn3)c2)nc(C(F)(F)F)c1. The van der Waals surface area contributed by atoms with Crippen molar-refractivity contribution in [3.05, 3.63) is 59.5 Å². The third-order valence-corrected chi connectivity index (χ3v) is 3.72. The highest BCUT2D eigenvalue weighted by molar-refractivity contribution is 5.94. The van der Waals surface area contributed by atoms with E-state index in [9.17, 15) is 18.0 Å². The van der Waals surface area contributed by atoms with Gasteiger partial charge in [-0.3, -0.25) is 4.79 Å². The maximum Gasteiger partial charge on any atom is 0.433 e.